The molecule has 14 heteroatoms. The van der Waals surface area contributed by atoms with Crippen molar-refractivity contribution in [2.24, 2.45) is 0 Å². The van der Waals surface area contributed by atoms with Crippen LogP contribution in [0.25, 0.3) is 5.69 Å². The van der Waals surface area contributed by atoms with Crippen LogP contribution in [0.2, 0.25) is 0 Å². The van der Waals surface area contributed by atoms with Gasteiger partial charge in [0.05, 0.1) is 0 Å². The lowest BCUT2D eigenvalue weighted by molar-refractivity contribution is -0.143. The van der Waals surface area contributed by atoms with E-state index >= 15 is 0 Å². The first-order chi connectivity index (χ1) is 14.7. The van der Waals surface area contributed by atoms with E-state index < -0.39 is 86.3 Å². The summed E-state index contributed by atoms with van der Waals surface area (Å²) in [5, 5.41) is 1.84. The second-order valence-electron chi connectivity index (χ2n) is 6.31. The fourth-order valence-electron chi connectivity index (χ4n) is 2.87. The van der Waals surface area contributed by atoms with Gasteiger partial charge in [-0.2, -0.15) is 13.2 Å². The maximum atomic E-state index is 14.2. The predicted octanol–water partition coefficient (Wildman–Crippen LogP) is 4.70. The Morgan fingerprint density at radius 2 is 1.31 bits per heavy atom. The first kappa shape index (κ1) is 23.1. The standard InChI is InChI=1S/C18H6F10N2O2/c1-4-8(16(31)5-2-6(19)10(21)7(20)3-5)17(32)30(29-4)15-13(24)11(22)9(18(26,27)28)12(23)14(15)25/h2-3,29H,1H3. The summed E-state index contributed by atoms with van der Waals surface area (Å²) in [7, 11) is 0. The van der Waals surface area contributed by atoms with Crippen molar-refractivity contribution in [3.63, 3.8) is 0 Å². The lowest BCUT2D eigenvalue weighted by Crippen LogP contribution is -2.25. The molecule has 0 radical (unpaired) electrons. The van der Waals surface area contributed by atoms with Gasteiger partial charge in [-0.3, -0.25) is 14.7 Å². The topological polar surface area (TPSA) is 54.9 Å². The molecule has 0 amide bonds. The zero-order valence-electron chi connectivity index (χ0n) is 15.2. The minimum absolute atomic E-state index is 0.204. The van der Waals surface area contributed by atoms with Crippen LogP contribution < -0.4 is 5.56 Å². The number of nitrogens with one attached hydrogen (secondary N) is 1. The van der Waals surface area contributed by atoms with Gasteiger partial charge in [-0.15, -0.1) is 0 Å². The molecule has 1 heterocycles. The van der Waals surface area contributed by atoms with E-state index in [0.29, 0.717) is 0 Å². The molecular weight excluding hydrogens is 466 g/mol. The van der Waals surface area contributed by atoms with Gasteiger partial charge >= 0.3 is 6.18 Å². The predicted molar refractivity (Wildman–Crippen MR) is 85.7 cm³/mol. The van der Waals surface area contributed by atoms with Crippen LogP contribution in [-0.4, -0.2) is 15.6 Å². The summed E-state index contributed by atoms with van der Waals surface area (Å²) in [4.78, 5) is 25.0. The average Bonchev–Trinajstić information content (AvgIpc) is 2.96. The smallest absolute Gasteiger partial charge is 0.294 e. The van der Waals surface area contributed by atoms with Crippen LogP contribution in [0.15, 0.2) is 16.9 Å². The molecule has 0 saturated carbocycles. The number of benzene rings is 2. The van der Waals surface area contributed by atoms with Crippen molar-refractivity contribution in [3.05, 3.63) is 85.6 Å². The van der Waals surface area contributed by atoms with Gasteiger partial charge in [-0.05, 0) is 19.1 Å². The Hall–Kier alpha value is -3.58. The molecular formula is C18H6F10N2O2. The number of nitrogens with zero attached hydrogens (tertiary/aromatic N) is 1. The summed E-state index contributed by atoms with van der Waals surface area (Å²) < 4.78 is 134. The van der Waals surface area contributed by atoms with E-state index in [2.05, 4.69) is 0 Å². The van der Waals surface area contributed by atoms with Crippen LogP contribution in [0, 0.1) is 47.6 Å². The number of carbonyl (C=O) groups excluding carboxylic acids is 1. The molecule has 0 saturated heterocycles. The fourth-order valence-corrected chi connectivity index (χ4v) is 2.87. The van der Waals surface area contributed by atoms with E-state index in [1.165, 1.54) is 0 Å². The normalized spacial score (nSPS) is 11.8. The molecule has 1 aromatic heterocycles. The zero-order chi connectivity index (χ0) is 24.3. The summed E-state index contributed by atoms with van der Waals surface area (Å²) in [5.74, 6) is -18.0. The second kappa shape index (κ2) is 7.53. The number of halogens is 10. The van der Waals surface area contributed by atoms with Crippen LogP contribution in [0.1, 0.15) is 27.2 Å². The largest absolute Gasteiger partial charge is 0.422 e. The minimum Gasteiger partial charge on any atom is -0.294 e. The van der Waals surface area contributed by atoms with Crippen molar-refractivity contribution in [1.29, 1.82) is 0 Å². The Labute approximate surface area is 169 Å². The number of rotatable bonds is 3. The zero-order valence-corrected chi connectivity index (χ0v) is 15.2. The third-order valence-electron chi connectivity index (χ3n) is 4.29. The molecule has 2 aromatic carbocycles. The second-order valence-corrected chi connectivity index (χ2v) is 6.31. The number of carbonyl (C=O) groups is 1. The van der Waals surface area contributed by atoms with Crippen molar-refractivity contribution in [2.75, 3.05) is 0 Å². The third-order valence-corrected chi connectivity index (χ3v) is 4.29. The first-order valence-corrected chi connectivity index (χ1v) is 8.12. The van der Waals surface area contributed by atoms with Gasteiger partial charge in [0, 0.05) is 11.3 Å². The first-order valence-electron chi connectivity index (χ1n) is 8.12. The third kappa shape index (κ3) is 3.44. The average molecular weight is 472 g/mol. The van der Waals surface area contributed by atoms with Crippen molar-refractivity contribution in [2.45, 2.75) is 13.1 Å². The van der Waals surface area contributed by atoms with Gasteiger partial charge in [-0.1, -0.05) is 0 Å². The highest BCUT2D eigenvalue weighted by Crippen LogP contribution is 2.37. The Morgan fingerprint density at radius 3 is 1.75 bits per heavy atom. The monoisotopic (exact) mass is 472 g/mol. The van der Waals surface area contributed by atoms with Crippen LogP contribution in [-0.2, 0) is 6.18 Å². The fraction of sp³-hybridized carbons (Fsp3) is 0.111. The number of hydrogen-bond donors (Lipinski definition) is 1. The number of ketones is 1. The van der Waals surface area contributed by atoms with Gasteiger partial charge in [0.2, 0.25) is 5.78 Å². The lowest BCUT2D eigenvalue weighted by Gasteiger charge is -2.14. The highest BCUT2D eigenvalue weighted by Gasteiger charge is 2.43. The highest BCUT2D eigenvalue weighted by atomic mass is 19.4. The van der Waals surface area contributed by atoms with E-state index in [9.17, 15) is 53.5 Å². The SMILES string of the molecule is Cc1[nH]n(-c2c(F)c(F)c(C(F)(F)F)c(F)c2F)c(=O)c1C(=O)c1cc(F)c(F)c(F)c1. The Morgan fingerprint density at radius 1 is 0.844 bits per heavy atom. The molecule has 4 nitrogen and oxygen atoms in total. The lowest BCUT2D eigenvalue weighted by atomic mass is 10.0. The van der Waals surface area contributed by atoms with Gasteiger partial charge in [0.15, 0.2) is 40.7 Å². The van der Waals surface area contributed by atoms with Gasteiger partial charge in [-0.25, -0.2) is 35.4 Å². The van der Waals surface area contributed by atoms with E-state index in [0.717, 1.165) is 6.92 Å². The Kier molecular flexibility index (Phi) is 5.43. The van der Waals surface area contributed by atoms with Crippen molar-refractivity contribution >= 4 is 5.78 Å². The number of aromatic amines is 1. The number of H-pyrrole nitrogens is 1. The molecule has 0 unspecified atom stereocenters. The Bertz CT molecular complexity index is 1280. The van der Waals surface area contributed by atoms with Crippen LogP contribution in [0.4, 0.5) is 43.9 Å². The van der Waals surface area contributed by atoms with Crippen molar-refractivity contribution in [3.8, 4) is 5.69 Å². The van der Waals surface area contributed by atoms with Gasteiger partial charge < -0.3 is 0 Å². The molecule has 32 heavy (non-hydrogen) atoms. The molecule has 0 aliphatic carbocycles. The van der Waals surface area contributed by atoms with E-state index in [4.69, 9.17) is 0 Å². The minimum atomic E-state index is -5.83. The van der Waals surface area contributed by atoms with Gasteiger partial charge in [0.25, 0.3) is 5.56 Å². The van der Waals surface area contributed by atoms with Gasteiger partial charge in [0.1, 0.15) is 16.8 Å². The molecule has 0 spiro atoms. The van der Waals surface area contributed by atoms with E-state index in [-0.39, 0.29) is 16.8 Å². The Balaban J connectivity index is 2.26. The maximum Gasteiger partial charge on any atom is 0.422 e. The number of alkyl halides is 3. The molecule has 0 aliphatic rings. The van der Waals surface area contributed by atoms with Crippen molar-refractivity contribution < 1.29 is 48.7 Å². The highest BCUT2D eigenvalue weighted by molar-refractivity contribution is 6.09. The van der Waals surface area contributed by atoms with E-state index in [1.807, 2.05) is 5.10 Å². The van der Waals surface area contributed by atoms with Crippen LogP contribution >= 0.6 is 0 Å². The number of aryl methyl sites for hydroxylation is 1. The molecule has 0 bridgehead atoms. The molecule has 0 atom stereocenters. The molecule has 0 aliphatic heterocycles. The number of aromatic nitrogens is 2. The molecule has 3 rings (SSSR count). The quantitative estimate of drug-likeness (QED) is 0.260. The summed E-state index contributed by atoms with van der Waals surface area (Å²) >= 11 is 0. The number of hydrogen-bond acceptors (Lipinski definition) is 2. The molecule has 1 N–H and O–H groups in total. The summed E-state index contributed by atoms with van der Waals surface area (Å²) in [5.41, 5.74) is -9.08. The molecule has 3 aromatic rings. The van der Waals surface area contributed by atoms with Crippen LogP contribution in [0.3, 0.4) is 0 Å². The molecule has 0 fully saturated rings. The summed E-state index contributed by atoms with van der Waals surface area (Å²) in [6.45, 7) is 0.925. The van der Waals surface area contributed by atoms with Crippen molar-refractivity contribution in [1.82, 2.24) is 9.78 Å². The maximum absolute atomic E-state index is 14.2. The van der Waals surface area contributed by atoms with Crippen LogP contribution in [0.5, 0.6) is 0 Å². The molecule has 170 valence electrons. The van der Waals surface area contributed by atoms with E-state index in [1.54, 1.807) is 0 Å². The summed E-state index contributed by atoms with van der Waals surface area (Å²) in [6, 6.07) is 0.408. The summed E-state index contributed by atoms with van der Waals surface area (Å²) in [6.07, 6.45) is -5.83.